The molecule has 0 fully saturated rings. The van der Waals surface area contributed by atoms with E-state index in [0.717, 1.165) is 6.42 Å². The van der Waals surface area contributed by atoms with Gasteiger partial charge in [0.15, 0.2) is 5.11 Å². The molecule has 136 valence electrons. The van der Waals surface area contributed by atoms with Crippen molar-refractivity contribution in [1.29, 1.82) is 0 Å². The molecule has 0 unspecified atom stereocenters. The average molecular weight is 373 g/mol. The minimum Gasteiger partial charge on any atom is -0.494 e. The van der Waals surface area contributed by atoms with E-state index < -0.39 is 4.92 Å². The van der Waals surface area contributed by atoms with Crippen molar-refractivity contribution in [3.63, 3.8) is 0 Å². The van der Waals surface area contributed by atoms with Gasteiger partial charge in [-0.2, -0.15) is 0 Å². The molecule has 0 aliphatic carbocycles. The lowest BCUT2D eigenvalue weighted by Crippen LogP contribution is -2.34. The highest BCUT2D eigenvalue weighted by atomic mass is 32.1. The van der Waals surface area contributed by atoms with Crippen LogP contribution in [0, 0.1) is 17.0 Å². The lowest BCUT2D eigenvalue weighted by atomic mass is 10.2. The van der Waals surface area contributed by atoms with Crippen molar-refractivity contribution in [3.05, 3.63) is 63.7 Å². The molecule has 2 aromatic carbocycles. The second kappa shape index (κ2) is 8.91. The first-order valence-corrected chi connectivity index (χ1v) is 8.41. The van der Waals surface area contributed by atoms with Gasteiger partial charge in [0.25, 0.3) is 11.6 Å². The highest BCUT2D eigenvalue weighted by Gasteiger charge is 2.13. The van der Waals surface area contributed by atoms with Gasteiger partial charge in [0.2, 0.25) is 0 Å². The van der Waals surface area contributed by atoms with Gasteiger partial charge in [-0.05, 0) is 55.9 Å². The van der Waals surface area contributed by atoms with Gasteiger partial charge in [0, 0.05) is 22.9 Å². The van der Waals surface area contributed by atoms with Gasteiger partial charge >= 0.3 is 0 Å². The molecule has 0 heterocycles. The Morgan fingerprint density at radius 1 is 1.23 bits per heavy atom. The molecule has 0 aliphatic rings. The van der Waals surface area contributed by atoms with Crippen molar-refractivity contribution in [2.24, 2.45) is 0 Å². The fourth-order valence-corrected chi connectivity index (χ4v) is 2.35. The maximum atomic E-state index is 12.2. The molecule has 1 amide bonds. The lowest BCUT2D eigenvalue weighted by Gasteiger charge is -2.10. The molecule has 7 nitrogen and oxygen atoms in total. The van der Waals surface area contributed by atoms with Crippen LogP contribution in [-0.4, -0.2) is 22.5 Å². The standard InChI is InChI=1S/C18H19N3O4S/c1-3-10-25-15-8-5-13(6-9-15)17(22)20-18(26)19-14-7-4-12(2)16(11-14)21(23)24/h4-9,11H,3,10H2,1-2H3,(H2,19,20,22,26). The Balaban J connectivity index is 1.98. The number of ether oxygens (including phenoxy) is 1. The molecule has 0 bridgehead atoms. The summed E-state index contributed by atoms with van der Waals surface area (Å²) >= 11 is 5.10. The monoisotopic (exact) mass is 373 g/mol. The van der Waals surface area contributed by atoms with E-state index in [1.54, 1.807) is 43.3 Å². The molecule has 0 saturated heterocycles. The van der Waals surface area contributed by atoms with E-state index in [4.69, 9.17) is 17.0 Å². The number of nitro groups is 1. The Bertz CT molecular complexity index is 822. The zero-order valence-electron chi connectivity index (χ0n) is 14.4. The second-order valence-corrected chi connectivity index (χ2v) is 5.95. The zero-order chi connectivity index (χ0) is 19.1. The molecule has 0 aromatic heterocycles. The Kier molecular flexibility index (Phi) is 6.62. The number of benzene rings is 2. The first-order chi connectivity index (χ1) is 12.4. The minimum absolute atomic E-state index is 0.0215. The van der Waals surface area contributed by atoms with E-state index in [1.165, 1.54) is 6.07 Å². The van der Waals surface area contributed by atoms with E-state index >= 15 is 0 Å². The Morgan fingerprint density at radius 3 is 2.54 bits per heavy atom. The van der Waals surface area contributed by atoms with Crippen LogP contribution in [0.4, 0.5) is 11.4 Å². The molecular formula is C18H19N3O4S. The predicted molar refractivity (Wildman–Crippen MR) is 104 cm³/mol. The molecule has 0 saturated carbocycles. The summed E-state index contributed by atoms with van der Waals surface area (Å²) in [6.07, 6.45) is 0.902. The number of nitrogens with one attached hydrogen (secondary N) is 2. The number of thiocarbonyl (C=S) groups is 1. The van der Waals surface area contributed by atoms with E-state index in [0.29, 0.717) is 29.2 Å². The molecule has 0 radical (unpaired) electrons. The van der Waals surface area contributed by atoms with E-state index in [2.05, 4.69) is 10.6 Å². The molecule has 26 heavy (non-hydrogen) atoms. The zero-order valence-corrected chi connectivity index (χ0v) is 15.3. The van der Waals surface area contributed by atoms with Crippen LogP contribution >= 0.6 is 12.2 Å². The van der Waals surface area contributed by atoms with Crippen molar-refractivity contribution in [3.8, 4) is 5.75 Å². The lowest BCUT2D eigenvalue weighted by molar-refractivity contribution is -0.385. The predicted octanol–water partition coefficient (Wildman–Crippen LogP) is 3.82. The average Bonchev–Trinajstić information content (AvgIpc) is 2.61. The summed E-state index contributed by atoms with van der Waals surface area (Å²) in [5.74, 6) is 0.308. The summed E-state index contributed by atoms with van der Waals surface area (Å²) in [5.41, 5.74) is 1.37. The fraction of sp³-hybridized carbons (Fsp3) is 0.222. The number of hydrogen-bond donors (Lipinski definition) is 2. The number of aryl methyl sites for hydroxylation is 1. The van der Waals surface area contributed by atoms with Crippen LogP contribution in [-0.2, 0) is 0 Å². The van der Waals surface area contributed by atoms with Crippen LogP contribution in [0.25, 0.3) is 0 Å². The smallest absolute Gasteiger partial charge is 0.274 e. The van der Waals surface area contributed by atoms with Crippen LogP contribution in [0.15, 0.2) is 42.5 Å². The van der Waals surface area contributed by atoms with E-state index in [9.17, 15) is 14.9 Å². The van der Waals surface area contributed by atoms with Crippen LogP contribution < -0.4 is 15.4 Å². The first-order valence-electron chi connectivity index (χ1n) is 8.01. The summed E-state index contributed by atoms with van der Waals surface area (Å²) in [5, 5.41) is 16.4. The van der Waals surface area contributed by atoms with Crippen LogP contribution in [0.1, 0.15) is 29.3 Å². The largest absolute Gasteiger partial charge is 0.494 e. The third-order valence-corrected chi connectivity index (χ3v) is 3.68. The van der Waals surface area contributed by atoms with E-state index in [-0.39, 0.29) is 16.7 Å². The second-order valence-electron chi connectivity index (χ2n) is 5.54. The van der Waals surface area contributed by atoms with Crippen molar-refractivity contribution < 1.29 is 14.5 Å². The molecule has 0 atom stereocenters. The molecule has 0 aliphatic heterocycles. The van der Waals surface area contributed by atoms with Gasteiger partial charge in [-0.15, -0.1) is 0 Å². The summed E-state index contributed by atoms with van der Waals surface area (Å²) in [7, 11) is 0. The van der Waals surface area contributed by atoms with Crippen molar-refractivity contribution >= 4 is 34.6 Å². The molecular weight excluding hydrogens is 354 g/mol. The van der Waals surface area contributed by atoms with Gasteiger partial charge in [-0.1, -0.05) is 13.0 Å². The van der Waals surface area contributed by atoms with Gasteiger partial charge in [0.1, 0.15) is 5.75 Å². The normalized spacial score (nSPS) is 10.1. The van der Waals surface area contributed by atoms with Crippen LogP contribution in [0.2, 0.25) is 0 Å². The van der Waals surface area contributed by atoms with Crippen LogP contribution in [0.5, 0.6) is 5.75 Å². The Labute approximate surface area is 156 Å². The maximum absolute atomic E-state index is 12.2. The van der Waals surface area contributed by atoms with Gasteiger partial charge in [-0.3, -0.25) is 20.2 Å². The third kappa shape index (κ3) is 5.25. The number of nitrogens with zero attached hydrogens (tertiary/aromatic N) is 1. The first kappa shape index (κ1) is 19.3. The maximum Gasteiger partial charge on any atom is 0.274 e. The summed E-state index contributed by atoms with van der Waals surface area (Å²) < 4.78 is 5.47. The quantitative estimate of drug-likeness (QED) is 0.454. The van der Waals surface area contributed by atoms with Crippen molar-refractivity contribution in [2.45, 2.75) is 20.3 Å². The van der Waals surface area contributed by atoms with Gasteiger partial charge in [-0.25, -0.2) is 0 Å². The molecule has 2 N–H and O–H groups in total. The molecule has 0 spiro atoms. The number of rotatable bonds is 6. The Morgan fingerprint density at radius 2 is 1.92 bits per heavy atom. The van der Waals surface area contributed by atoms with Gasteiger partial charge in [0.05, 0.1) is 11.5 Å². The number of hydrogen-bond acceptors (Lipinski definition) is 5. The van der Waals surface area contributed by atoms with Crippen LogP contribution in [0.3, 0.4) is 0 Å². The number of carbonyl (C=O) groups excluding carboxylic acids is 1. The van der Waals surface area contributed by atoms with Crippen molar-refractivity contribution in [2.75, 3.05) is 11.9 Å². The fourth-order valence-electron chi connectivity index (χ4n) is 2.14. The Hall–Kier alpha value is -3.00. The van der Waals surface area contributed by atoms with Crippen molar-refractivity contribution in [1.82, 2.24) is 5.32 Å². The SMILES string of the molecule is CCCOc1ccc(C(=O)NC(=S)Nc2ccc(C)c([N+](=O)[O-])c2)cc1. The number of amides is 1. The number of anilines is 1. The molecule has 8 heteroatoms. The highest BCUT2D eigenvalue weighted by Crippen LogP contribution is 2.22. The van der Waals surface area contributed by atoms with Gasteiger partial charge < -0.3 is 10.1 Å². The minimum atomic E-state index is -0.468. The molecule has 2 rings (SSSR count). The third-order valence-electron chi connectivity index (χ3n) is 3.48. The highest BCUT2D eigenvalue weighted by molar-refractivity contribution is 7.80. The summed E-state index contributed by atoms with van der Waals surface area (Å²) in [6, 6.07) is 11.3. The number of carbonyl (C=O) groups is 1. The molecule has 2 aromatic rings. The topological polar surface area (TPSA) is 93.5 Å². The summed E-state index contributed by atoms with van der Waals surface area (Å²) in [6.45, 7) is 4.27. The van der Waals surface area contributed by atoms with E-state index in [1.807, 2.05) is 6.92 Å². The summed E-state index contributed by atoms with van der Waals surface area (Å²) in [4.78, 5) is 22.7. The number of nitro benzene ring substituents is 1.